The number of rotatable bonds is 1. The van der Waals surface area contributed by atoms with Gasteiger partial charge in [0.1, 0.15) is 11.3 Å². The summed E-state index contributed by atoms with van der Waals surface area (Å²) >= 11 is 1.27. The zero-order chi connectivity index (χ0) is 19.9. The Bertz CT molecular complexity index is 840. The van der Waals surface area contributed by atoms with Crippen LogP contribution in [0, 0.1) is 32.4 Å². The van der Waals surface area contributed by atoms with E-state index in [4.69, 9.17) is 0 Å². The van der Waals surface area contributed by atoms with Gasteiger partial charge in [-0.1, -0.05) is 31.3 Å². The van der Waals surface area contributed by atoms with E-state index in [1.165, 1.54) is 36.5 Å². The molecule has 1 amide bonds. The molecule has 3 aromatic rings. The molecule has 3 rings (SSSR count). The minimum absolute atomic E-state index is 0.146. The van der Waals surface area contributed by atoms with E-state index in [9.17, 15) is 13.6 Å². The van der Waals surface area contributed by atoms with Crippen LogP contribution in [0.5, 0.6) is 0 Å². The van der Waals surface area contributed by atoms with Crippen LogP contribution < -0.4 is 5.32 Å². The maximum absolute atomic E-state index is 13.4. The van der Waals surface area contributed by atoms with Gasteiger partial charge in [-0.25, -0.2) is 13.8 Å². The number of carbonyl (C=O) groups excluding carboxylic acids is 1. The van der Waals surface area contributed by atoms with Crippen molar-refractivity contribution >= 4 is 32.6 Å². The highest BCUT2D eigenvalue weighted by molar-refractivity contribution is 7.22. The second-order valence-electron chi connectivity index (χ2n) is 5.60. The SMILES string of the molecule is CC.CC(=O)Nc1nc2c(F)cc(C)cc2s1.Cc1cc(C)cc(F)c1. The molecular formula is C20H24F2N2OS. The van der Waals surface area contributed by atoms with E-state index in [0.717, 1.165) is 21.4 Å². The van der Waals surface area contributed by atoms with Crippen molar-refractivity contribution < 1.29 is 13.6 Å². The van der Waals surface area contributed by atoms with Gasteiger partial charge < -0.3 is 5.32 Å². The van der Waals surface area contributed by atoms with Gasteiger partial charge in [-0.05, 0) is 61.7 Å². The molecule has 0 spiro atoms. The van der Waals surface area contributed by atoms with Crippen LogP contribution in [-0.2, 0) is 4.79 Å². The number of aromatic nitrogens is 1. The lowest BCUT2D eigenvalue weighted by Crippen LogP contribution is -2.04. The number of anilines is 1. The highest BCUT2D eigenvalue weighted by Crippen LogP contribution is 2.28. The number of thiazole rings is 1. The number of nitrogens with zero attached hydrogens (tertiary/aromatic N) is 1. The second-order valence-corrected chi connectivity index (χ2v) is 6.63. The summed E-state index contributed by atoms with van der Waals surface area (Å²) in [6, 6.07) is 8.27. The summed E-state index contributed by atoms with van der Waals surface area (Å²) in [5.74, 6) is -0.698. The second kappa shape index (κ2) is 9.97. The minimum Gasteiger partial charge on any atom is -0.302 e. The fraction of sp³-hybridized carbons (Fsp3) is 0.300. The van der Waals surface area contributed by atoms with Crippen LogP contribution in [0.15, 0.2) is 30.3 Å². The number of halogens is 2. The fourth-order valence-electron chi connectivity index (χ4n) is 2.24. The summed E-state index contributed by atoms with van der Waals surface area (Å²) in [7, 11) is 0. The molecular weight excluding hydrogens is 354 g/mol. The summed E-state index contributed by atoms with van der Waals surface area (Å²) in [5.41, 5.74) is 3.12. The Morgan fingerprint density at radius 2 is 1.50 bits per heavy atom. The van der Waals surface area contributed by atoms with E-state index in [1.54, 1.807) is 0 Å². The number of benzene rings is 2. The minimum atomic E-state index is -0.349. The number of amides is 1. The lowest BCUT2D eigenvalue weighted by atomic mass is 10.2. The van der Waals surface area contributed by atoms with Crippen molar-refractivity contribution in [1.82, 2.24) is 4.98 Å². The van der Waals surface area contributed by atoms with Crippen molar-refractivity contribution in [2.24, 2.45) is 0 Å². The molecule has 0 aliphatic carbocycles. The van der Waals surface area contributed by atoms with E-state index in [0.29, 0.717) is 10.6 Å². The predicted molar refractivity (Wildman–Crippen MR) is 106 cm³/mol. The zero-order valence-electron chi connectivity index (χ0n) is 15.9. The Kier molecular flexibility index (Phi) is 8.32. The first-order chi connectivity index (χ1) is 12.2. The molecule has 0 unspecified atom stereocenters. The normalized spacial score (nSPS) is 9.69. The van der Waals surface area contributed by atoms with Crippen LogP contribution in [0.3, 0.4) is 0 Å². The van der Waals surface area contributed by atoms with Crippen molar-refractivity contribution in [3.05, 3.63) is 58.7 Å². The molecule has 140 valence electrons. The van der Waals surface area contributed by atoms with Crippen LogP contribution >= 0.6 is 11.3 Å². The van der Waals surface area contributed by atoms with Crippen molar-refractivity contribution in [1.29, 1.82) is 0 Å². The third kappa shape index (κ3) is 6.52. The van der Waals surface area contributed by atoms with E-state index >= 15 is 0 Å². The number of hydrogen-bond acceptors (Lipinski definition) is 3. The average Bonchev–Trinajstić information content (AvgIpc) is 2.90. The zero-order valence-corrected chi connectivity index (χ0v) is 16.7. The van der Waals surface area contributed by atoms with Crippen molar-refractivity contribution in [3.8, 4) is 0 Å². The Labute approximate surface area is 157 Å². The smallest absolute Gasteiger partial charge is 0.223 e. The number of hydrogen-bond donors (Lipinski definition) is 1. The molecule has 1 N–H and O–H groups in total. The van der Waals surface area contributed by atoms with Crippen molar-refractivity contribution in [3.63, 3.8) is 0 Å². The molecule has 0 bridgehead atoms. The molecule has 0 atom stereocenters. The first-order valence-electron chi connectivity index (χ1n) is 8.32. The molecule has 0 fully saturated rings. The molecule has 6 heteroatoms. The van der Waals surface area contributed by atoms with Crippen LogP contribution in [0.25, 0.3) is 10.2 Å². The van der Waals surface area contributed by atoms with Crippen LogP contribution in [0.2, 0.25) is 0 Å². The lowest BCUT2D eigenvalue weighted by Gasteiger charge is -1.94. The number of aryl methyl sites for hydroxylation is 3. The first kappa shape index (κ1) is 21.7. The third-order valence-corrected chi connectivity index (χ3v) is 3.98. The van der Waals surface area contributed by atoms with E-state index in [-0.39, 0.29) is 17.5 Å². The molecule has 3 nitrogen and oxygen atoms in total. The van der Waals surface area contributed by atoms with Gasteiger partial charge in [0.25, 0.3) is 0 Å². The van der Waals surface area contributed by atoms with E-state index in [1.807, 2.05) is 46.8 Å². The highest BCUT2D eigenvalue weighted by Gasteiger charge is 2.09. The van der Waals surface area contributed by atoms with Gasteiger partial charge in [0, 0.05) is 6.92 Å². The molecule has 26 heavy (non-hydrogen) atoms. The van der Waals surface area contributed by atoms with Crippen LogP contribution in [0.4, 0.5) is 13.9 Å². The van der Waals surface area contributed by atoms with E-state index < -0.39 is 0 Å². The summed E-state index contributed by atoms with van der Waals surface area (Å²) < 4.78 is 26.6. The molecule has 2 aromatic carbocycles. The van der Waals surface area contributed by atoms with Gasteiger partial charge in [-0.15, -0.1) is 0 Å². The quantitative estimate of drug-likeness (QED) is 0.550. The molecule has 0 radical (unpaired) electrons. The Balaban J connectivity index is 0.000000263. The molecule has 1 aromatic heterocycles. The number of carbonyl (C=O) groups is 1. The van der Waals surface area contributed by atoms with Crippen molar-refractivity contribution in [2.45, 2.75) is 41.5 Å². The molecule has 0 aliphatic heterocycles. The Hall–Kier alpha value is -2.34. The average molecular weight is 378 g/mol. The summed E-state index contributed by atoms with van der Waals surface area (Å²) in [5, 5.41) is 2.98. The predicted octanol–water partition coefficient (Wildman–Crippen LogP) is 6.17. The first-order valence-corrected chi connectivity index (χ1v) is 9.14. The molecule has 0 aliphatic rings. The summed E-state index contributed by atoms with van der Waals surface area (Å²) in [4.78, 5) is 14.8. The fourth-order valence-corrected chi connectivity index (χ4v) is 3.27. The van der Waals surface area contributed by atoms with Crippen LogP contribution in [0.1, 0.15) is 37.5 Å². The van der Waals surface area contributed by atoms with Gasteiger partial charge in [0.05, 0.1) is 4.70 Å². The van der Waals surface area contributed by atoms with Gasteiger partial charge in [0.2, 0.25) is 5.91 Å². The molecule has 0 saturated carbocycles. The largest absolute Gasteiger partial charge is 0.302 e. The van der Waals surface area contributed by atoms with Crippen molar-refractivity contribution in [2.75, 3.05) is 5.32 Å². The number of fused-ring (bicyclic) bond motifs is 1. The maximum Gasteiger partial charge on any atom is 0.223 e. The topological polar surface area (TPSA) is 42.0 Å². The van der Waals surface area contributed by atoms with Crippen LogP contribution in [-0.4, -0.2) is 10.9 Å². The van der Waals surface area contributed by atoms with Gasteiger partial charge in [0.15, 0.2) is 10.9 Å². The summed E-state index contributed by atoms with van der Waals surface area (Å²) in [6.45, 7) is 11.0. The van der Waals surface area contributed by atoms with Gasteiger partial charge >= 0.3 is 0 Å². The Morgan fingerprint density at radius 3 is 2.00 bits per heavy atom. The Morgan fingerprint density at radius 1 is 0.962 bits per heavy atom. The highest BCUT2D eigenvalue weighted by atomic mass is 32.1. The monoisotopic (exact) mass is 378 g/mol. The van der Waals surface area contributed by atoms with Gasteiger partial charge in [-0.3, -0.25) is 4.79 Å². The maximum atomic E-state index is 13.4. The standard InChI is InChI=1S/C10H9FN2OS.C8H9F.C2H6/c1-5-3-7(11)9-8(4-5)15-10(13-9)12-6(2)14;1-6-3-7(2)5-8(9)4-6;1-2/h3-4H,1-2H3,(H,12,13,14);3-5H,1-2H3;1-2H3. The van der Waals surface area contributed by atoms with E-state index in [2.05, 4.69) is 10.3 Å². The lowest BCUT2D eigenvalue weighted by molar-refractivity contribution is -0.114. The molecule has 0 saturated heterocycles. The number of nitrogens with one attached hydrogen (secondary N) is 1. The van der Waals surface area contributed by atoms with Gasteiger partial charge in [-0.2, -0.15) is 0 Å². The third-order valence-electron chi connectivity index (χ3n) is 3.06. The molecule has 1 heterocycles. The summed E-state index contributed by atoms with van der Waals surface area (Å²) in [6.07, 6.45) is 0.